The lowest BCUT2D eigenvalue weighted by Crippen LogP contribution is -1.96. The zero-order valence-corrected chi connectivity index (χ0v) is 9.37. The summed E-state index contributed by atoms with van der Waals surface area (Å²) in [6.07, 6.45) is 2.20. The van der Waals surface area contributed by atoms with E-state index >= 15 is 0 Å². The zero-order chi connectivity index (χ0) is 11.3. The molecule has 82 valence electrons. The molecule has 0 N–H and O–H groups in total. The van der Waals surface area contributed by atoms with Gasteiger partial charge < -0.3 is 14.3 Å². The fourth-order valence-corrected chi connectivity index (χ4v) is 1.60. The average molecular weight is 208 g/mol. The van der Waals surface area contributed by atoms with Crippen molar-refractivity contribution in [1.29, 1.82) is 0 Å². The van der Waals surface area contributed by atoms with Crippen LogP contribution >= 0.6 is 0 Å². The van der Waals surface area contributed by atoms with Crippen molar-refractivity contribution in [2.45, 2.75) is 19.8 Å². The molecule has 0 aromatic heterocycles. The number of hydrogen-bond acceptors (Lipinski definition) is 3. The molecule has 0 aliphatic carbocycles. The van der Waals surface area contributed by atoms with Crippen LogP contribution in [0.5, 0.6) is 11.5 Å². The minimum Gasteiger partial charge on any atom is -0.493 e. The van der Waals surface area contributed by atoms with Crippen molar-refractivity contribution in [3.05, 3.63) is 23.3 Å². The second-order valence-electron chi connectivity index (χ2n) is 3.35. The molecular weight excluding hydrogens is 192 g/mol. The lowest BCUT2D eigenvalue weighted by atomic mass is 10.1. The van der Waals surface area contributed by atoms with E-state index in [-0.39, 0.29) is 0 Å². The third-order valence-electron chi connectivity index (χ3n) is 2.28. The van der Waals surface area contributed by atoms with Gasteiger partial charge in [-0.25, -0.2) is 0 Å². The second-order valence-corrected chi connectivity index (χ2v) is 3.35. The summed E-state index contributed by atoms with van der Waals surface area (Å²) >= 11 is 0. The van der Waals surface area contributed by atoms with Gasteiger partial charge in [0, 0.05) is 6.42 Å². The first-order chi connectivity index (χ1) is 7.22. The first-order valence-electron chi connectivity index (χ1n) is 4.88. The van der Waals surface area contributed by atoms with Gasteiger partial charge in [-0.2, -0.15) is 0 Å². The number of hydrogen-bond donors (Lipinski definition) is 0. The van der Waals surface area contributed by atoms with Crippen LogP contribution in [0.2, 0.25) is 0 Å². The molecule has 0 spiro atoms. The van der Waals surface area contributed by atoms with Crippen LogP contribution in [0.25, 0.3) is 0 Å². The summed E-state index contributed by atoms with van der Waals surface area (Å²) in [6, 6.07) is 3.93. The van der Waals surface area contributed by atoms with Gasteiger partial charge >= 0.3 is 0 Å². The van der Waals surface area contributed by atoms with E-state index in [2.05, 4.69) is 0 Å². The maximum absolute atomic E-state index is 10.3. The second kappa shape index (κ2) is 5.39. The van der Waals surface area contributed by atoms with Crippen LogP contribution in [0.15, 0.2) is 12.1 Å². The first kappa shape index (κ1) is 11.6. The molecular formula is C12H16O3. The highest BCUT2D eigenvalue weighted by molar-refractivity contribution is 5.52. The fourth-order valence-electron chi connectivity index (χ4n) is 1.60. The number of rotatable bonds is 5. The maximum atomic E-state index is 10.3. The van der Waals surface area contributed by atoms with Gasteiger partial charge in [-0.15, -0.1) is 0 Å². The summed E-state index contributed by atoms with van der Waals surface area (Å²) in [4.78, 5) is 10.3. The van der Waals surface area contributed by atoms with Crippen LogP contribution in [-0.2, 0) is 11.2 Å². The number of benzene rings is 1. The van der Waals surface area contributed by atoms with Gasteiger partial charge in [0.2, 0.25) is 0 Å². The number of aldehydes is 1. The molecule has 0 heterocycles. The number of methoxy groups -OCH3 is 2. The molecule has 0 bridgehead atoms. The van der Waals surface area contributed by atoms with Crippen molar-refractivity contribution in [2.75, 3.05) is 14.2 Å². The monoisotopic (exact) mass is 208 g/mol. The molecule has 0 saturated heterocycles. The number of ether oxygens (including phenoxy) is 2. The van der Waals surface area contributed by atoms with Gasteiger partial charge in [0.1, 0.15) is 6.29 Å². The number of aryl methyl sites for hydroxylation is 2. The van der Waals surface area contributed by atoms with E-state index in [0.29, 0.717) is 6.42 Å². The molecule has 0 fully saturated rings. The smallest absolute Gasteiger partial charge is 0.163 e. The van der Waals surface area contributed by atoms with E-state index in [4.69, 9.17) is 9.47 Å². The van der Waals surface area contributed by atoms with Crippen LogP contribution in [0, 0.1) is 6.92 Å². The Bertz CT molecular complexity index is 345. The summed E-state index contributed by atoms with van der Waals surface area (Å²) in [5.41, 5.74) is 2.12. The maximum Gasteiger partial charge on any atom is 0.163 e. The van der Waals surface area contributed by atoms with E-state index < -0.39 is 0 Å². The highest BCUT2D eigenvalue weighted by atomic mass is 16.5. The van der Waals surface area contributed by atoms with E-state index in [1.54, 1.807) is 14.2 Å². The molecule has 0 radical (unpaired) electrons. The van der Waals surface area contributed by atoms with Crippen LogP contribution < -0.4 is 9.47 Å². The van der Waals surface area contributed by atoms with Crippen LogP contribution in [0.4, 0.5) is 0 Å². The van der Waals surface area contributed by atoms with Crippen molar-refractivity contribution in [2.24, 2.45) is 0 Å². The zero-order valence-electron chi connectivity index (χ0n) is 9.37. The summed E-state index contributed by atoms with van der Waals surface area (Å²) in [7, 11) is 3.23. The van der Waals surface area contributed by atoms with Gasteiger partial charge in [-0.3, -0.25) is 0 Å². The highest BCUT2D eigenvalue weighted by Crippen LogP contribution is 2.32. The first-order valence-corrected chi connectivity index (χ1v) is 4.88. The topological polar surface area (TPSA) is 35.5 Å². The lowest BCUT2D eigenvalue weighted by Gasteiger charge is -2.12. The molecule has 3 nitrogen and oxygen atoms in total. The van der Waals surface area contributed by atoms with Gasteiger partial charge in [0.25, 0.3) is 0 Å². The third kappa shape index (κ3) is 2.72. The fraction of sp³-hybridized carbons (Fsp3) is 0.417. The lowest BCUT2D eigenvalue weighted by molar-refractivity contribution is -0.107. The molecule has 1 aromatic carbocycles. The van der Waals surface area contributed by atoms with Gasteiger partial charge in [-0.1, -0.05) is 6.07 Å². The predicted molar refractivity (Wildman–Crippen MR) is 58.7 cm³/mol. The normalized spacial score (nSPS) is 9.80. The number of carbonyl (C=O) groups is 1. The van der Waals surface area contributed by atoms with Gasteiger partial charge in [0.05, 0.1) is 14.2 Å². The van der Waals surface area contributed by atoms with Crippen LogP contribution in [-0.4, -0.2) is 20.5 Å². The molecule has 0 unspecified atom stereocenters. The standard InChI is InChI=1S/C12H16O3/c1-9-7-10(5-4-6-13)8-11(14-2)12(9)15-3/h6-8H,4-5H2,1-3H3. The predicted octanol–water partition coefficient (Wildman–Crippen LogP) is 2.14. The number of carbonyl (C=O) groups excluding carboxylic acids is 1. The Labute approximate surface area is 90.0 Å². The van der Waals surface area contributed by atoms with Crippen molar-refractivity contribution in [3.63, 3.8) is 0 Å². The average Bonchev–Trinajstić information content (AvgIpc) is 2.25. The summed E-state index contributed by atoms with van der Waals surface area (Å²) in [5, 5.41) is 0. The van der Waals surface area contributed by atoms with Gasteiger partial charge in [-0.05, 0) is 30.5 Å². The van der Waals surface area contributed by atoms with Crippen molar-refractivity contribution < 1.29 is 14.3 Å². The molecule has 1 aromatic rings. The molecule has 0 amide bonds. The minimum absolute atomic E-state index is 0.537. The Balaban J connectivity index is 3.02. The van der Waals surface area contributed by atoms with Gasteiger partial charge in [0.15, 0.2) is 11.5 Å². The molecule has 0 aliphatic rings. The molecule has 3 heteroatoms. The van der Waals surface area contributed by atoms with Crippen LogP contribution in [0.3, 0.4) is 0 Å². The minimum atomic E-state index is 0.537. The largest absolute Gasteiger partial charge is 0.493 e. The molecule has 15 heavy (non-hydrogen) atoms. The van der Waals surface area contributed by atoms with Crippen LogP contribution in [0.1, 0.15) is 17.5 Å². The summed E-state index contributed by atoms with van der Waals surface area (Å²) in [5.74, 6) is 1.48. The summed E-state index contributed by atoms with van der Waals surface area (Å²) < 4.78 is 10.5. The van der Waals surface area contributed by atoms with E-state index in [9.17, 15) is 4.79 Å². The van der Waals surface area contributed by atoms with Crippen molar-refractivity contribution in [3.8, 4) is 11.5 Å². The Hall–Kier alpha value is -1.51. The van der Waals surface area contributed by atoms with E-state index in [1.807, 2.05) is 19.1 Å². The Morgan fingerprint density at radius 1 is 1.27 bits per heavy atom. The molecule has 1 rings (SSSR count). The van der Waals surface area contributed by atoms with Crippen molar-refractivity contribution in [1.82, 2.24) is 0 Å². The highest BCUT2D eigenvalue weighted by Gasteiger charge is 2.08. The van der Waals surface area contributed by atoms with E-state index in [1.165, 1.54) is 0 Å². The SMILES string of the molecule is COc1cc(CCC=O)cc(C)c1OC. The van der Waals surface area contributed by atoms with Crippen molar-refractivity contribution >= 4 is 6.29 Å². The quantitative estimate of drug-likeness (QED) is 0.695. The third-order valence-corrected chi connectivity index (χ3v) is 2.28. The molecule has 0 aliphatic heterocycles. The summed E-state index contributed by atoms with van der Waals surface area (Å²) in [6.45, 7) is 1.96. The molecule has 0 atom stereocenters. The Kier molecular flexibility index (Phi) is 4.16. The Morgan fingerprint density at radius 2 is 2.00 bits per heavy atom. The Morgan fingerprint density at radius 3 is 2.53 bits per heavy atom. The molecule has 0 saturated carbocycles. The van der Waals surface area contributed by atoms with E-state index in [0.717, 1.165) is 35.3 Å².